The van der Waals surface area contributed by atoms with Crippen molar-refractivity contribution in [2.24, 2.45) is 0 Å². The van der Waals surface area contributed by atoms with Gasteiger partial charge in [0.05, 0.1) is 18.5 Å². The molecule has 2 aliphatic rings. The first-order chi connectivity index (χ1) is 13.5. The van der Waals surface area contributed by atoms with Crippen LogP contribution in [0.4, 0.5) is 10.1 Å². The van der Waals surface area contributed by atoms with Crippen molar-refractivity contribution < 1.29 is 14.0 Å². The number of anilines is 1. The fourth-order valence-electron chi connectivity index (χ4n) is 4.23. The number of likely N-dealkylation sites (tertiary alicyclic amines) is 1. The van der Waals surface area contributed by atoms with Crippen LogP contribution in [0.3, 0.4) is 0 Å². The van der Waals surface area contributed by atoms with Crippen LogP contribution in [0.15, 0.2) is 54.6 Å². The molecule has 5 nitrogen and oxygen atoms in total. The van der Waals surface area contributed by atoms with Gasteiger partial charge in [-0.15, -0.1) is 0 Å². The van der Waals surface area contributed by atoms with E-state index in [0.717, 1.165) is 12.0 Å². The third-order valence-corrected chi connectivity index (χ3v) is 5.94. The lowest BCUT2D eigenvalue weighted by molar-refractivity contribution is -0.130. The number of hydrogen-bond donors (Lipinski definition) is 0. The summed E-state index contributed by atoms with van der Waals surface area (Å²) in [5.74, 6) is -0.303. The highest BCUT2D eigenvalue weighted by Crippen LogP contribution is 2.33. The molecule has 2 aromatic carbocycles. The average Bonchev–Trinajstić information content (AvgIpc) is 3.11. The van der Waals surface area contributed by atoms with E-state index in [1.807, 2.05) is 42.3 Å². The smallest absolute Gasteiger partial charge is 0.241 e. The van der Waals surface area contributed by atoms with Gasteiger partial charge in [0.2, 0.25) is 11.8 Å². The van der Waals surface area contributed by atoms with Gasteiger partial charge in [0.25, 0.3) is 0 Å². The zero-order chi connectivity index (χ0) is 19.7. The number of carbonyl (C=O) groups is 2. The van der Waals surface area contributed by atoms with Crippen molar-refractivity contribution >= 4 is 17.5 Å². The number of piperazine rings is 1. The maximum atomic E-state index is 13.7. The lowest BCUT2D eigenvalue weighted by Crippen LogP contribution is -2.64. The third-order valence-electron chi connectivity index (χ3n) is 5.94. The number of benzene rings is 2. The van der Waals surface area contributed by atoms with Crippen molar-refractivity contribution in [2.75, 3.05) is 38.1 Å². The normalized spacial score (nSPS) is 22.9. The first-order valence-corrected chi connectivity index (χ1v) is 9.56. The van der Waals surface area contributed by atoms with Crippen molar-refractivity contribution in [1.29, 1.82) is 0 Å². The van der Waals surface area contributed by atoms with Crippen molar-refractivity contribution in [2.45, 2.75) is 18.4 Å². The molecule has 2 saturated heterocycles. The van der Waals surface area contributed by atoms with Gasteiger partial charge in [-0.25, -0.2) is 4.39 Å². The minimum absolute atomic E-state index is 0.0483. The Labute approximate surface area is 164 Å². The second kappa shape index (κ2) is 7.36. The molecule has 4 rings (SSSR count). The van der Waals surface area contributed by atoms with Crippen LogP contribution in [0.5, 0.6) is 0 Å². The van der Waals surface area contributed by atoms with Gasteiger partial charge in [-0.3, -0.25) is 14.5 Å². The number of amides is 2. The summed E-state index contributed by atoms with van der Waals surface area (Å²) in [4.78, 5) is 31.0. The molecule has 0 saturated carbocycles. The summed E-state index contributed by atoms with van der Waals surface area (Å²) < 4.78 is 13.7. The Balaban J connectivity index is 1.50. The van der Waals surface area contributed by atoms with Gasteiger partial charge in [0, 0.05) is 25.3 Å². The van der Waals surface area contributed by atoms with Crippen molar-refractivity contribution in [1.82, 2.24) is 9.80 Å². The molecule has 2 heterocycles. The predicted octanol–water partition coefficient (Wildman–Crippen LogP) is 2.32. The van der Waals surface area contributed by atoms with Crippen molar-refractivity contribution in [3.63, 3.8) is 0 Å². The highest BCUT2D eigenvalue weighted by Gasteiger charge is 2.48. The Morgan fingerprint density at radius 1 is 1.11 bits per heavy atom. The van der Waals surface area contributed by atoms with E-state index in [1.165, 1.54) is 12.1 Å². The van der Waals surface area contributed by atoms with Crippen LogP contribution >= 0.6 is 0 Å². The topological polar surface area (TPSA) is 43.9 Å². The highest BCUT2D eigenvalue weighted by atomic mass is 19.1. The second-order valence-electron chi connectivity index (χ2n) is 7.77. The Bertz CT molecular complexity index is 888. The second-order valence-corrected chi connectivity index (χ2v) is 7.77. The van der Waals surface area contributed by atoms with E-state index >= 15 is 0 Å². The number of rotatable bonds is 3. The summed E-state index contributed by atoms with van der Waals surface area (Å²) in [6.07, 6.45) is 1.18. The number of halogens is 1. The van der Waals surface area contributed by atoms with Gasteiger partial charge < -0.3 is 9.80 Å². The van der Waals surface area contributed by atoms with Crippen LogP contribution in [0.2, 0.25) is 0 Å². The Morgan fingerprint density at radius 2 is 1.89 bits per heavy atom. The van der Waals surface area contributed by atoms with Crippen molar-refractivity contribution in [3.8, 4) is 0 Å². The van der Waals surface area contributed by atoms with Crippen LogP contribution in [0.1, 0.15) is 12.0 Å². The zero-order valence-corrected chi connectivity index (χ0v) is 16.0. The number of hydrogen-bond acceptors (Lipinski definition) is 3. The first-order valence-electron chi connectivity index (χ1n) is 9.56. The summed E-state index contributed by atoms with van der Waals surface area (Å²) in [5.41, 5.74) is 1.28. The molecule has 28 heavy (non-hydrogen) atoms. The molecule has 0 aliphatic carbocycles. The molecule has 146 valence electrons. The molecule has 0 unspecified atom stereocenters. The maximum Gasteiger partial charge on any atom is 0.241 e. The number of nitrogens with zero attached hydrogens (tertiary/aromatic N) is 3. The summed E-state index contributed by atoms with van der Waals surface area (Å²) in [5, 5.41) is 0. The Morgan fingerprint density at radius 3 is 2.64 bits per heavy atom. The molecule has 2 aliphatic heterocycles. The van der Waals surface area contributed by atoms with Gasteiger partial charge in [0.1, 0.15) is 5.82 Å². The molecule has 0 aromatic heterocycles. The lowest BCUT2D eigenvalue weighted by atomic mass is 9.92. The summed E-state index contributed by atoms with van der Waals surface area (Å²) >= 11 is 0. The quantitative estimate of drug-likeness (QED) is 0.820. The minimum Gasteiger partial charge on any atom is -0.340 e. The molecule has 0 radical (unpaired) electrons. The van der Waals surface area contributed by atoms with Crippen LogP contribution in [-0.4, -0.2) is 60.4 Å². The van der Waals surface area contributed by atoms with E-state index in [1.54, 1.807) is 17.0 Å². The molecule has 1 atom stereocenters. The van der Waals surface area contributed by atoms with Gasteiger partial charge in [0.15, 0.2) is 0 Å². The molecule has 0 bridgehead atoms. The summed E-state index contributed by atoms with van der Waals surface area (Å²) in [6, 6.07) is 15.9. The molecule has 1 spiro atoms. The molecular weight excluding hydrogens is 357 g/mol. The van der Waals surface area contributed by atoms with Gasteiger partial charge in [-0.2, -0.15) is 0 Å². The van der Waals surface area contributed by atoms with E-state index in [4.69, 9.17) is 0 Å². The molecular formula is C22H24FN3O2. The first kappa shape index (κ1) is 18.6. The SMILES string of the molecule is CN1CC(=O)N(c2cccc(F)c2)C[C@]12CCN(C(=O)Cc1ccccc1)C2. The van der Waals surface area contributed by atoms with Crippen LogP contribution in [-0.2, 0) is 16.0 Å². The Kier molecular flexibility index (Phi) is 4.89. The third kappa shape index (κ3) is 3.52. The van der Waals surface area contributed by atoms with E-state index in [9.17, 15) is 14.0 Å². The largest absolute Gasteiger partial charge is 0.340 e. The van der Waals surface area contributed by atoms with E-state index < -0.39 is 0 Å². The standard InChI is InChI=1S/C22H24FN3O2/c1-24-14-21(28)26(19-9-5-8-18(23)13-19)16-22(24)10-11-25(15-22)20(27)12-17-6-3-2-4-7-17/h2-9,13H,10-12,14-16H2,1H3/t22-/m1/s1. The number of likely N-dealkylation sites (N-methyl/N-ethyl adjacent to an activating group) is 1. The van der Waals surface area contributed by atoms with Crippen molar-refractivity contribution in [3.05, 3.63) is 66.0 Å². The zero-order valence-electron chi connectivity index (χ0n) is 16.0. The minimum atomic E-state index is -0.357. The van der Waals surface area contributed by atoms with Gasteiger partial charge >= 0.3 is 0 Å². The van der Waals surface area contributed by atoms with Crippen LogP contribution in [0.25, 0.3) is 0 Å². The molecule has 0 N–H and O–H groups in total. The van der Waals surface area contributed by atoms with Gasteiger partial charge in [-0.1, -0.05) is 36.4 Å². The maximum absolute atomic E-state index is 13.7. The average molecular weight is 381 g/mol. The summed E-state index contributed by atoms with van der Waals surface area (Å²) in [7, 11) is 1.94. The predicted molar refractivity (Wildman–Crippen MR) is 105 cm³/mol. The van der Waals surface area contributed by atoms with E-state index in [2.05, 4.69) is 4.90 Å². The fourth-order valence-corrected chi connectivity index (χ4v) is 4.23. The number of carbonyl (C=O) groups excluding carboxylic acids is 2. The molecule has 2 aromatic rings. The molecule has 6 heteroatoms. The fraction of sp³-hybridized carbons (Fsp3) is 0.364. The highest BCUT2D eigenvalue weighted by molar-refractivity contribution is 5.96. The van der Waals surface area contributed by atoms with E-state index in [-0.39, 0.29) is 29.7 Å². The molecule has 2 fully saturated rings. The van der Waals surface area contributed by atoms with Crippen LogP contribution in [0, 0.1) is 5.82 Å². The molecule has 2 amide bonds. The summed E-state index contributed by atoms with van der Waals surface area (Å²) in [6.45, 7) is 1.97. The van der Waals surface area contributed by atoms with E-state index in [0.29, 0.717) is 31.7 Å². The monoisotopic (exact) mass is 381 g/mol. The Hall–Kier alpha value is -2.73. The lowest BCUT2D eigenvalue weighted by Gasteiger charge is -2.46. The van der Waals surface area contributed by atoms with Gasteiger partial charge in [-0.05, 0) is 37.2 Å². The van der Waals surface area contributed by atoms with Crippen LogP contribution < -0.4 is 4.90 Å².